The van der Waals surface area contributed by atoms with E-state index >= 15 is 0 Å². The van der Waals surface area contributed by atoms with Crippen LogP contribution in [0.1, 0.15) is 74.6 Å². The third-order valence-corrected chi connectivity index (χ3v) is 8.47. The highest BCUT2D eigenvalue weighted by atomic mass is 14.4. The summed E-state index contributed by atoms with van der Waals surface area (Å²) in [7, 11) is 0. The van der Waals surface area contributed by atoms with E-state index < -0.39 is 0 Å². The zero-order valence-corrected chi connectivity index (χ0v) is 23.5. The van der Waals surface area contributed by atoms with E-state index in [9.17, 15) is 0 Å². The van der Waals surface area contributed by atoms with Gasteiger partial charge in [0.15, 0.2) is 0 Å². The van der Waals surface area contributed by atoms with E-state index in [0.29, 0.717) is 5.92 Å². The van der Waals surface area contributed by atoms with Crippen molar-refractivity contribution in [2.24, 2.45) is 5.92 Å². The van der Waals surface area contributed by atoms with E-state index in [-0.39, 0.29) is 5.92 Å². The second kappa shape index (κ2) is 10.6. The van der Waals surface area contributed by atoms with Gasteiger partial charge >= 0.3 is 0 Å². The normalized spacial score (nSPS) is 21.8. The van der Waals surface area contributed by atoms with Crippen molar-refractivity contribution in [1.82, 2.24) is 0 Å². The Bertz CT molecular complexity index is 1480. The first-order valence-corrected chi connectivity index (χ1v) is 14.0. The van der Waals surface area contributed by atoms with E-state index in [2.05, 4.69) is 114 Å². The van der Waals surface area contributed by atoms with Crippen molar-refractivity contribution in [2.75, 3.05) is 0 Å². The summed E-state index contributed by atoms with van der Waals surface area (Å²) in [5, 5.41) is 0. The monoisotopic (exact) mass is 496 g/mol. The summed E-state index contributed by atoms with van der Waals surface area (Å²) >= 11 is 0. The molecule has 3 aliphatic carbocycles. The third kappa shape index (κ3) is 4.81. The fourth-order valence-corrected chi connectivity index (χ4v) is 6.58. The van der Waals surface area contributed by atoms with E-state index in [1.54, 1.807) is 0 Å². The Hall–Kier alpha value is -3.64. The molecule has 38 heavy (non-hydrogen) atoms. The van der Waals surface area contributed by atoms with Gasteiger partial charge in [0.2, 0.25) is 0 Å². The fraction of sp³-hybridized carbons (Fsp3) is 0.263. The number of benzene rings is 2. The van der Waals surface area contributed by atoms with Gasteiger partial charge in [-0.25, -0.2) is 0 Å². The summed E-state index contributed by atoms with van der Waals surface area (Å²) < 4.78 is 0. The van der Waals surface area contributed by atoms with Crippen molar-refractivity contribution in [3.8, 4) is 0 Å². The molecule has 5 rings (SSSR count). The molecule has 0 saturated heterocycles. The highest BCUT2D eigenvalue weighted by Crippen LogP contribution is 2.55. The van der Waals surface area contributed by atoms with E-state index in [4.69, 9.17) is 6.58 Å². The molecule has 2 atom stereocenters. The number of allylic oxidation sites excluding steroid dienone is 13. The minimum atomic E-state index is 0.285. The van der Waals surface area contributed by atoms with E-state index in [1.165, 1.54) is 66.8 Å². The van der Waals surface area contributed by atoms with Gasteiger partial charge in [-0.3, -0.25) is 0 Å². The smallest absolute Gasteiger partial charge is 0.0201 e. The van der Waals surface area contributed by atoms with Gasteiger partial charge in [-0.15, -0.1) is 0 Å². The van der Waals surface area contributed by atoms with E-state index in [1.807, 2.05) is 0 Å². The maximum Gasteiger partial charge on any atom is 0.0201 e. The van der Waals surface area contributed by atoms with Gasteiger partial charge in [0, 0.05) is 11.8 Å². The minimum Gasteiger partial charge on any atom is -0.0955 e. The lowest BCUT2D eigenvalue weighted by atomic mass is 9.69. The van der Waals surface area contributed by atoms with Crippen molar-refractivity contribution >= 4 is 11.1 Å². The van der Waals surface area contributed by atoms with Crippen LogP contribution in [0.2, 0.25) is 0 Å². The highest BCUT2D eigenvalue weighted by Gasteiger charge is 2.40. The van der Waals surface area contributed by atoms with Crippen molar-refractivity contribution in [3.63, 3.8) is 0 Å². The van der Waals surface area contributed by atoms with Gasteiger partial charge in [-0.2, -0.15) is 0 Å². The van der Waals surface area contributed by atoms with Gasteiger partial charge < -0.3 is 0 Å². The number of fused-ring (bicyclic) bond motifs is 1. The minimum absolute atomic E-state index is 0.285. The average molecular weight is 497 g/mol. The molecule has 0 heterocycles. The topological polar surface area (TPSA) is 0 Å². The molecular formula is C38H40. The zero-order chi connectivity index (χ0) is 27.0. The number of aryl methyl sites for hydroxylation is 1. The molecule has 3 aliphatic rings. The van der Waals surface area contributed by atoms with Crippen molar-refractivity contribution in [1.29, 1.82) is 0 Å². The molecule has 2 aromatic rings. The molecule has 0 radical (unpaired) electrons. The average Bonchev–Trinajstić information content (AvgIpc) is 3.48. The molecule has 2 unspecified atom stereocenters. The summed E-state index contributed by atoms with van der Waals surface area (Å²) in [5.41, 5.74) is 17.3. The summed E-state index contributed by atoms with van der Waals surface area (Å²) in [5.74, 6) is 0.590. The lowest BCUT2D eigenvalue weighted by Crippen LogP contribution is -2.21. The van der Waals surface area contributed by atoms with Crippen LogP contribution >= 0.6 is 0 Å². The molecule has 1 fully saturated rings. The van der Waals surface area contributed by atoms with Gasteiger partial charge in [-0.05, 0) is 102 Å². The van der Waals surface area contributed by atoms with Crippen LogP contribution in [0.15, 0.2) is 132 Å². The van der Waals surface area contributed by atoms with Crippen molar-refractivity contribution in [3.05, 3.63) is 154 Å². The van der Waals surface area contributed by atoms with Gasteiger partial charge in [-0.1, -0.05) is 117 Å². The summed E-state index contributed by atoms with van der Waals surface area (Å²) in [4.78, 5) is 0. The largest absolute Gasteiger partial charge is 0.0955 e. The Morgan fingerprint density at radius 3 is 2.45 bits per heavy atom. The Morgan fingerprint density at radius 1 is 0.974 bits per heavy atom. The number of rotatable bonds is 7. The Morgan fingerprint density at radius 2 is 1.74 bits per heavy atom. The molecular weight excluding hydrogens is 456 g/mol. The molecule has 0 nitrogen and oxygen atoms in total. The zero-order valence-electron chi connectivity index (χ0n) is 23.5. The summed E-state index contributed by atoms with van der Waals surface area (Å²) in [6.45, 7) is 22.2. The van der Waals surface area contributed by atoms with Crippen LogP contribution in [0.5, 0.6) is 0 Å². The van der Waals surface area contributed by atoms with Crippen molar-refractivity contribution < 1.29 is 0 Å². The number of hydrogen-bond acceptors (Lipinski definition) is 0. The molecule has 0 N–H and O–H groups in total. The molecule has 192 valence electrons. The van der Waals surface area contributed by atoms with Crippen LogP contribution in [0, 0.1) is 12.8 Å². The van der Waals surface area contributed by atoms with Crippen LogP contribution in [-0.4, -0.2) is 0 Å². The maximum atomic E-state index is 4.71. The van der Waals surface area contributed by atoms with Crippen LogP contribution in [0.4, 0.5) is 0 Å². The first-order valence-electron chi connectivity index (χ1n) is 14.0. The molecule has 0 aromatic heterocycles. The van der Waals surface area contributed by atoms with Crippen LogP contribution in [-0.2, 0) is 0 Å². The van der Waals surface area contributed by atoms with Gasteiger partial charge in [0.05, 0.1) is 0 Å². The van der Waals surface area contributed by atoms with E-state index in [0.717, 1.165) is 31.3 Å². The second-order valence-corrected chi connectivity index (χ2v) is 11.3. The lowest BCUT2D eigenvalue weighted by Gasteiger charge is -2.34. The predicted molar refractivity (Wildman–Crippen MR) is 166 cm³/mol. The van der Waals surface area contributed by atoms with Gasteiger partial charge in [0.1, 0.15) is 0 Å². The van der Waals surface area contributed by atoms with Crippen molar-refractivity contribution in [2.45, 2.75) is 59.3 Å². The highest BCUT2D eigenvalue weighted by molar-refractivity contribution is 5.78. The van der Waals surface area contributed by atoms with Crippen LogP contribution in [0.25, 0.3) is 11.1 Å². The lowest BCUT2D eigenvalue weighted by molar-refractivity contribution is 0.619. The molecule has 0 spiro atoms. The van der Waals surface area contributed by atoms with Gasteiger partial charge in [0.25, 0.3) is 0 Å². The third-order valence-electron chi connectivity index (χ3n) is 8.47. The van der Waals surface area contributed by atoms with Crippen LogP contribution < -0.4 is 0 Å². The predicted octanol–water partition coefficient (Wildman–Crippen LogP) is 10.6. The molecule has 1 saturated carbocycles. The first kappa shape index (κ1) is 26.0. The standard InChI is InChI=1S/C38H40/c1-8-12-26(5)36-27(6)19-34-22-33(28(7)37(34)38(36)30-13-10-9-11-14-30)21-29-16-18-32(20-29)35-23-31(24(2)3)17-15-25(35)4/h9-11,13-19,21,23,37-38H,2,5,7-8,12,20,22H2,1,3-4,6H3/b33-21+. The maximum absolute atomic E-state index is 4.71. The Balaban J connectivity index is 1.43. The fourth-order valence-electron chi connectivity index (χ4n) is 6.58. The summed E-state index contributed by atoms with van der Waals surface area (Å²) in [6, 6.07) is 17.7. The molecule has 0 bridgehead atoms. The Labute approximate surface area is 229 Å². The Kier molecular flexibility index (Phi) is 7.26. The SMILES string of the molecule is C=C(CCC)C1=C(C)C=C2C/C(=C\C3=CC=C(c4cc(C(=C)C)ccc4C)C3)C(=C)C2C1c1ccccc1. The first-order chi connectivity index (χ1) is 18.3. The quantitative estimate of drug-likeness (QED) is 0.357. The molecule has 2 aromatic carbocycles. The molecule has 0 heteroatoms. The molecule has 0 amide bonds. The molecule has 0 aliphatic heterocycles. The summed E-state index contributed by atoms with van der Waals surface area (Å²) in [6.07, 6.45) is 13.5. The number of hydrogen-bond donors (Lipinski definition) is 0. The van der Waals surface area contributed by atoms with Crippen LogP contribution in [0.3, 0.4) is 0 Å². The second-order valence-electron chi connectivity index (χ2n) is 11.3.